The first-order valence-electron chi connectivity index (χ1n) is 13.9. The zero-order valence-electron chi connectivity index (χ0n) is 25.0. The Morgan fingerprint density at radius 1 is 1.12 bits per heavy atom. The summed E-state index contributed by atoms with van der Waals surface area (Å²) >= 11 is 0. The number of rotatable bonds is 11. The monoisotopic (exact) mass is 614 g/mol. The number of aliphatic hydroxyl groups is 1. The van der Waals surface area contributed by atoms with Crippen molar-refractivity contribution in [1.82, 2.24) is 9.21 Å². The van der Waals surface area contributed by atoms with E-state index in [2.05, 4.69) is 0 Å². The fourth-order valence-corrected chi connectivity index (χ4v) is 7.37. The first kappa shape index (κ1) is 33.8. The Bertz CT molecular complexity index is 1370. The molecule has 2 aromatic carbocycles. The number of methoxy groups -OCH3 is 1. The number of halogens is 3. The molecule has 1 fully saturated rings. The summed E-state index contributed by atoms with van der Waals surface area (Å²) in [5.41, 5.74) is -0.192. The van der Waals surface area contributed by atoms with Crippen molar-refractivity contribution >= 4 is 15.9 Å². The first-order valence-corrected chi connectivity index (χ1v) is 15.4. The number of ether oxygens (including phenoxy) is 2. The number of piperidine rings is 1. The van der Waals surface area contributed by atoms with E-state index in [1.54, 1.807) is 27.0 Å². The van der Waals surface area contributed by atoms with Gasteiger partial charge in [-0.05, 0) is 80.0 Å². The van der Waals surface area contributed by atoms with Gasteiger partial charge in [0.25, 0.3) is 0 Å². The van der Waals surface area contributed by atoms with Gasteiger partial charge in [0.15, 0.2) is 0 Å². The number of hydrogen-bond donors (Lipinski definition) is 1. The fourth-order valence-electron chi connectivity index (χ4n) is 5.29. The minimum atomic E-state index is -4.52. The van der Waals surface area contributed by atoms with Gasteiger partial charge in [-0.2, -0.15) is 17.5 Å². The maximum atomic E-state index is 13.8. The molecule has 0 atom stereocenters. The summed E-state index contributed by atoms with van der Waals surface area (Å²) in [7, 11) is -2.33. The standard InChI is InChI=1S/C30H41F3N2O6S/c1-20(2)18-35(42(38,39)28-21(3)16-26(40-6)22(4)23(28)5)14-15-41-19-27(36)34-12-10-29(37,11-13-34)24-8-7-9-25(17-24)30(31,32)33/h7-9,16-17,20,37H,10-15,18-19H2,1-6H3. The highest BCUT2D eigenvalue weighted by Gasteiger charge is 2.38. The molecule has 0 bridgehead atoms. The van der Waals surface area contributed by atoms with E-state index in [4.69, 9.17) is 9.47 Å². The number of amides is 1. The summed E-state index contributed by atoms with van der Waals surface area (Å²) < 4.78 is 79.3. The maximum Gasteiger partial charge on any atom is 0.416 e. The van der Waals surface area contributed by atoms with Gasteiger partial charge in [0.1, 0.15) is 12.4 Å². The summed E-state index contributed by atoms with van der Waals surface area (Å²) in [5, 5.41) is 11.0. The van der Waals surface area contributed by atoms with E-state index in [1.807, 2.05) is 20.8 Å². The second kappa shape index (κ2) is 13.3. The van der Waals surface area contributed by atoms with E-state index in [0.717, 1.165) is 17.7 Å². The van der Waals surface area contributed by atoms with Crippen molar-refractivity contribution in [3.05, 3.63) is 58.1 Å². The third-order valence-corrected chi connectivity index (χ3v) is 9.90. The van der Waals surface area contributed by atoms with Crippen LogP contribution in [0, 0.1) is 26.7 Å². The molecule has 12 heteroatoms. The molecule has 0 spiro atoms. The van der Waals surface area contributed by atoms with Crippen molar-refractivity contribution in [2.45, 2.75) is 64.1 Å². The van der Waals surface area contributed by atoms with Crippen LogP contribution in [0.1, 0.15) is 54.5 Å². The van der Waals surface area contributed by atoms with Gasteiger partial charge in [-0.15, -0.1) is 0 Å². The number of alkyl halides is 3. The summed E-state index contributed by atoms with van der Waals surface area (Å²) in [4.78, 5) is 14.5. The van der Waals surface area contributed by atoms with Gasteiger partial charge in [0, 0.05) is 26.2 Å². The smallest absolute Gasteiger partial charge is 0.416 e. The van der Waals surface area contributed by atoms with Crippen molar-refractivity contribution in [3.8, 4) is 5.75 Å². The average Bonchev–Trinajstić information content (AvgIpc) is 2.92. The predicted molar refractivity (Wildman–Crippen MR) is 153 cm³/mol. The molecule has 42 heavy (non-hydrogen) atoms. The molecule has 1 amide bonds. The Kier molecular flexibility index (Phi) is 10.7. The second-order valence-electron chi connectivity index (χ2n) is 11.3. The van der Waals surface area contributed by atoms with Crippen LogP contribution in [-0.4, -0.2) is 75.1 Å². The van der Waals surface area contributed by atoms with Crippen LogP contribution in [0.2, 0.25) is 0 Å². The second-order valence-corrected chi connectivity index (χ2v) is 13.2. The zero-order valence-corrected chi connectivity index (χ0v) is 25.9. The Hall–Kier alpha value is -2.67. The minimum Gasteiger partial charge on any atom is -0.496 e. The number of aryl methyl sites for hydroxylation is 1. The number of nitrogens with zero attached hydrogens (tertiary/aromatic N) is 2. The lowest BCUT2D eigenvalue weighted by Crippen LogP contribution is -2.46. The van der Waals surface area contributed by atoms with Crippen molar-refractivity contribution in [1.29, 1.82) is 0 Å². The zero-order chi connectivity index (χ0) is 31.5. The highest BCUT2D eigenvalue weighted by atomic mass is 32.2. The molecule has 2 aromatic rings. The van der Waals surface area contributed by atoms with E-state index in [9.17, 15) is 31.5 Å². The summed E-state index contributed by atoms with van der Waals surface area (Å²) in [6.45, 7) is 9.47. The normalized spacial score (nSPS) is 15.9. The summed E-state index contributed by atoms with van der Waals surface area (Å²) in [6.07, 6.45) is -4.35. The molecule has 1 aliphatic rings. The third-order valence-electron chi connectivity index (χ3n) is 7.75. The fraction of sp³-hybridized carbons (Fsp3) is 0.567. The molecule has 3 rings (SSSR count). The van der Waals surface area contributed by atoms with Gasteiger partial charge in [-0.3, -0.25) is 4.79 Å². The minimum absolute atomic E-state index is 0.00701. The number of carbonyl (C=O) groups excluding carboxylic acids is 1. The van der Waals surface area contributed by atoms with E-state index < -0.39 is 27.4 Å². The van der Waals surface area contributed by atoms with Crippen LogP contribution in [0.5, 0.6) is 5.75 Å². The molecule has 0 aliphatic carbocycles. The Balaban J connectivity index is 1.60. The largest absolute Gasteiger partial charge is 0.496 e. The summed E-state index contributed by atoms with van der Waals surface area (Å²) in [5.74, 6) is 0.328. The quantitative estimate of drug-likeness (QED) is 0.365. The van der Waals surface area contributed by atoms with Crippen LogP contribution in [0.3, 0.4) is 0 Å². The third kappa shape index (κ3) is 7.64. The topological polar surface area (TPSA) is 96.4 Å². The van der Waals surface area contributed by atoms with E-state index in [1.165, 1.54) is 21.3 Å². The van der Waals surface area contributed by atoms with Gasteiger partial charge < -0.3 is 19.5 Å². The van der Waals surface area contributed by atoms with E-state index >= 15 is 0 Å². The molecule has 234 valence electrons. The average molecular weight is 615 g/mol. The van der Waals surface area contributed by atoms with E-state index in [-0.39, 0.29) is 74.5 Å². The van der Waals surface area contributed by atoms with Crippen molar-refractivity contribution < 1.29 is 41.0 Å². The van der Waals surface area contributed by atoms with Crippen LogP contribution >= 0.6 is 0 Å². The highest BCUT2D eigenvalue weighted by Crippen LogP contribution is 2.37. The molecule has 0 unspecified atom stereocenters. The highest BCUT2D eigenvalue weighted by molar-refractivity contribution is 7.89. The van der Waals surface area contributed by atoms with Gasteiger partial charge in [0.2, 0.25) is 15.9 Å². The molecule has 1 aliphatic heterocycles. The van der Waals surface area contributed by atoms with E-state index in [0.29, 0.717) is 16.9 Å². The molecule has 0 aromatic heterocycles. The van der Waals surface area contributed by atoms with Crippen LogP contribution in [0.4, 0.5) is 13.2 Å². The number of benzene rings is 2. The molecular weight excluding hydrogens is 573 g/mol. The van der Waals surface area contributed by atoms with Gasteiger partial charge in [-0.25, -0.2) is 8.42 Å². The molecular formula is C30H41F3N2O6S. The molecule has 1 heterocycles. The lowest BCUT2D eigenvalue weighted by Gasteiger charge is -2.38. The molecule has 0 radical (unpaired) electrons. The van der Waals surface area contributed by atoms with Gasteiger partial charge in [-0.1, -0.05) is 26.0 Å². The number of sulfonamides is 1. The van der Waals surface area contributed by atoms with Gasteiger partial charge >= 0.3 is 6.18 Å². The number of hydrogen-bond acceptors (Lipinski definition) is 6. The van der Waals surface area contributed by atoms with Crippen molar-refractivity contribution in [2.24, 2.45) is 5.92 Å². The number of likely N-dealkylation sites (tertiary alicyclic amines) is 1. The number of carbonyl (C=O) groups is 1. The van der Waals surface area contributed by atoms with Crippen LogP contribution in [-0.2, 0) is 31.3 Å². The molecule has 1 N–H and O–H groups in total. The Morgan fingerprint density at radius 2 is 1.76 bits per heavy atom. The maximum absolute atomic E-state index is 13.8. The lowest BCUT2D eigenvalue weighted by molar-refractivity contribution is -0.140. The predicted octanol–water partition coefficient (Wildman–Crippen LogP) is 4.81. The first-order chi connectivity index (χ1) is 19.5. The molecule has 8 nitrogen and oxygen atoms in total. The molecule has 0 saturated carbocycles. The van der Waals surface area contributed by atoms with Crippen molar-refractivity contribution in [3.63, 3.8) is 0 Å². The Morgan fingerprint density at radius 3 is 2.33 bits per heavy atom. The van der Waals surface area contributed by atoms with Crippen LogP contribution < -0.4 is 4.74 Å². The SMILES string of the molecule is COc1cc(C)c(S(=O)(=O)N(CCOCC(=O)N2CCC(O)(c3cccc(C(F)(F)F)c3)CC2)CC(C)C)c(C)c1C. The summed E-state index contributed by atoms with van der Waals surface area (Å²) in [6, 6.07) is 6.35. The van der Waals surface area contributed by atoms with Crippen molar-refractivity contribution in [2.75, 3.05) is 46.5 Å². The molecule has 1 saturated heterocycles. The Labute approximate surface area is 246 Å². The van der Waals surface area contributed by atoms with Crippen LogP contribution in [0.25, 0.3) is 0 Å². The van der Waals surface area contributed by atoms with Gasteiger partial charge in [0.05, 0.1) is 29.8 Å². The lowest BCUT2D eigenvalue weighted by atomic mass is 9.83. The van der Waals surface area contributed by atoms with Crippen LogP contribution in [0.15, 0.2) is 35.2 Å².